The van der Waals surface area contributed by atoms with Crippen molar-refractivity contribution >= 4 is 5.91 Å². The Morgan fingerprint density at radius 2 is 0.593 bits per heavy atom. The first-order chi connectivity index (χ1) is 52.8. The third-order valence-corrected chi connectivity index (χ3v) is 22.7. The lowest BCUT2D eigenvalue weighted by Crippen LogP contribution is -2.66. The van der Waals surface area contributed by atoms with Crippen LogP contribution in [-0.2, 0) is 33.2 Å². The van der Waals surface area contributed by atoms with Gasteiger partial charge in [0, 0.05) is 6.42 Å². The van der Waals surface area contributed by atoms with E-state index in [4.69, 9.17) is 28.4 Å². The van der Waals surface area contributed by atoms with Crippen molar-refractivity contribution in [2.75, 3.05) is 26.4 Å². The van der Waals surface area contributed by atoms with Crippen LogP contribution < -0.4 is 5.32 Å². The Labute approximate surface area is 657 Å². The van der Waals surface area contributed by atoms with E-state index in [-0.39, 0.29) is 18.9 Å². The minimum atomic E-state index is -1.98. The van der Waals surface area contributed by atoms with Crippen molar-refractivity contribution in [2.24, 2.45) is 0 Å². The molecular weight excluding hydrogens is 1370 g/mol. The number of allylic oxidation sites excluding steroid dienone is 5. The molecule has 0 bridgehead atoms. The molecule has 3 aliphatic rings. The Kier molecular flexibility index (Phi) is 64.3. The van der Waals surface area contributed by atoms with Crippen molar-refractivity contribution in [3.05, 3.63) is 36.5 Å². The normalized spacial score (nSPS) is 25.5. The van der Waals surface area contributed by atoms with Gasteiger partial charge < -0.3 is 89.9 Å². The van der Waals surface area contributed by atoms with Crippen molar-refractivity contribution in [2.45, 2.75) is 497 Å². The molecule has 3 aliphatic heterocycles. The fourth-order valence-electron chi connectivity index (χ4n) is 15.5. The third kappa shape index (κ3) is 47.8. The molecule has 19 nitrogen and oxygen atoms in total. The summed E-state index contributed by atoms with van der Waals surface area (Å²) < 4.78 is 34.5. The predicted octanol–water partition coefficient (Wildman–Crippen LogP) is 17.0. The summed E-state index contributed by atoms with van der Waals surface area (Å²) in [6, 6.07) is -0.996. The molecule has 0 spiro atoms. The summed E-state index contributed by atoms with van der Waals surface area (Å²) in [6.07, 6.45) is 61.9. The molecule has 3 heterocycles. The minimum Gasteiger partial charge on any atom is -0.394 e. The predicted molar refractivity (Wildman–Crippen MR) is 434 cm³/mol. The van der Waals surface area contributed by atoms with E-state index in [0.717, 1.165) is 44.9 Å². The molecule has 1 amide bonds. The van der Waals surface area contributed by atoms with Crippen LogP contribution in [-0.4, -0.2) is 193 Å². The number of nitrogens with one attached hydrogen (secondary N) is 1. The quantitative estimate of drug-likeness (QED) is 0.0199. The second kappa shape index (κ2) is 69.3. The summed E-state index contributed by atoms with van der Waals surface area (Å²) in [5.74, 6) is -0.282. The molecule has 0 saturated carbocycles. The first-order valence-electron chi connectivity index (χ1n) is 45.2. The summed E-state index contributed by atoms with van der Waals surface area (Å²) in [5, 5.41) is 121. The zero-order valence-electron chi connectivity index (χ0n) is 68.6. The van der Waals surface area contributed by atoms with Crippen molar-refractivity contribution in [3.8, 4) is 0 Å². The van der Waals surface area contributed by atoms with Crippen LogP contribution in [0.25, 0.3) is 0 Å². The molecule has 3 rings (SSSR count). The van der Waals surface area contributed by atoms with Crippen LogP contribution >= 0.6 is 0 Å². The zero-order chi connectivity index (χ0) is 78.1. The van der Waals surface area contributed by atoms with Crippen molar-refractivity contribution in [1.82, 2.24) is 5.32 Å². The molecule has 0 aromatic rings. The zero-order valence-corrected chi connectivity index (χ0v) is 68.6. The highest BCUT2D eigenvalue weighted by molar-refractivity contribution is 5.76. The van der Waals surface area contributed by atoms with Gasteiger partial charge >= 0.3 is 0 Å². The van der Waals surface area contributed by atoms with Gasteiger partial charge in [-0.15, -0.1) is 0 Å². The molecule has 3 saturated heterocycles. The van der Waals surface area contributed by atoms with E-state index >= 15 is 0 Å². The molecule has 0 radical (unpaired) electrons. The van der Waals surface area contributed by atoms with Gasteiger partial charge in [-0.05, 0) is 44.9 Å². The van der Waals surface area contributed by atoms with Crippen LogP contribution in [0.15, 0.2) is 36.5 Å². The molecule has 12 N–H and O–H groups in total. The maximum atomic E-state index is 13.5. The maximum absolute atomic E-state index is 13.5. The summed E-state index contributed by atoms with van der Waals surface area (Å²) >= 11 is 0. The van der Waals surface area contributed by atoms with Gasteiger partial charge in [0.25, 0.3) is 0 Å². The molecule has 19 heteroatoms. The van der Waals surface area contributed by atoms with E-state index in [0.29, 0.717) is 12.8 Å². The van der Waals surface area contributed by atoms with E-state index < -0.39 is 124 Å². The summed E-state index contributed by atoms with van der Waals surface area (Å²) in [4.78, 5) is 13.5. The van der Waals surface area contributed by atoms with E-state index in [9.17, 15) is 61.0 Å². The van der Waals surface area contributed by atoms with Crippen LogP contribution in [0.5, 0.6) is 0 Å². The van der Waals surface area contributed by atoms with Gasteiger partial charge in [0.1, 0.15) is 73.2 Å². The fourth-order valence-corrected chi connectivity index (χ4v) is 15.5. The molecular formula is C89H167NO18. The highest BCUT2D eigenvalue weighted by Crippen LogP contribution is 2.34. The number of carbonyl (C=O) groups is 1. The molecule has 17 unspecified atom stereocenters. The lowest BCUT2D eigenvalue weighted by atomic mass is 9.96. The van der Waals surface area contributed by atoms with Crippen LogP contribution in [0.1, 0.15) is 393 Å². The highest BCUT2D eigenvalue weighted by Gasteiger charge is 2.54. The van der Waals surface area contributed by atoms with Gasteiger partial charge in [0.05, 0.1) is 38.6 Å². The Hall–Kier alpha value is -1.99. The first-order valence-corrected chi connectivity index (χ1v) is 45.2. The molecule has 0 aromatic heterocycles. The number of carbonyl (C=O) groups excluding carboxylic acids is 1. The Balaban J connectivity index is 1.29. The number of hydrogen-bond donors (Lipinski definition) is 12. The van der Waals surface area contributed by atoms with Gasteiger partial charge in [-0.3, -0.25) is 4.79 Å². The van der Waals surface area contributed by atoms with Gasteiger partial charge in [0.2, 0.25) is 5.91 Å². The van der Waals surface area contributed by atoms with E-state index in [1.807, 2.05) is 6.08 Å². The number of unbranched alkanes of at least 4 members (excludes halogenated alkanes) is 54. The number of rotatable bonds is 74. The standard InChI is InChI=1S/C89H167NO18/c1-3-5-7-9-11-13-15-17-19-21-23-25-27-28-29-30-31-32-33-34-35-36-37-38-39-40-41-42-43-44-45-47-49-51-53-55-57-59-61-63-65-67-77(95)90-72(73(94)66-64-62-60-58-56-54-52-50-48-46-26-24-22-20-18-16-14-12-10-8-6-4-2)71-103-87-83(101)80(98)85(75(69-92)105-87)108-89-84(102)81(99)86(76(70-93)106-89)107-88-82(100)79(97)78(96)74(68-91)104-88/h48,50,56,58,64,66,72-76,78-89,91-94,96-102H,3-47,49,51-55,57,59-63,65,67-71H2,1-2H3,(H,90,95)/b50-48+,58-56+,66-64+. The van der Waals surface area contributed by atoms with Gasteiger partial charge in [0.15, 0.2) is 18.9 Å². The van der Waals surface area contributed by atoms with Gasteiger partial charge in [-0.1, -0.05) is 378 Å². The molecule has 17 atom stereocenters. The van der Waals surface area contributed by atoms with Crippen LogP contribution in [0, 0.1) is 0 Å². The van der Waals surface area contributed by atoms with Crippen molar-refractivity contribution < 1.29 is 89.4 Å². The smallest absolute Gasteiger partial charge is 0.220 e. The average molecular weight is 1540 g/mol. The topological polar surface area (TPSA) is 307 Å². The second-order valence-electron chi connectivity index (χ2n) is 32.4. The lowest BCUT2D eigenvalue weighted by molar-refractivity contribution is -0.379. The number of amides is 1. The largest absolute Gasteiger partial charge is 0.394 e. The van der Waals surface area contributed by atoms with Crippen LogP contribution in [0.2, 0.25) is 0 Å². The SMILES string of the molecule is CCCCCCCCCCCCCC/C=C/CC/C=C/CC/C=C/C(O)C(COC1OC(CO)C(OC2OC(CO)C(OC3OC(CO)C(O)C(O)C3O)C(O)C2O)C(O)C1O)NC(=O)CCCCCCCCCCCCCCCCCCCCCCCCCCCCCCCCCCCCCCCCCCC. The molecule has 636 valence electrons. The second-order valence-corrected chi connectivity index (χ2v) is 32.4. The van der Waals surface area contributed by atoms with Gasteiger partial charge in [-0.2, -0.15) is 0 Å². The number of hydrogen-bond acceptors (Lipinski definition) is 18. The molecule has 108 heavy (non-hydrogen) atoms. The minimum absolute atomic E-state index is 0.237. The van der Waals surface area contributed by atoms with Crippen LogP contribution in [0.4, 0.5) is 0 Å². The number of aliphatic hydroxyl groups excluding tert-OH is 11. The molecule has 3 fully saturated rings. The summed E-state index contributed by atoms with van der Waals surface area (Å²) in [5.41, 5.74) is 0. The summed E-state index contributed by atoms with van der Waals surface area (Å²) in [7, 11) is 0. The molecule has 0 aromatic carbocycles. The third-order valence-electron chi connectivity index (χ3n) is 22.7. The maximum Gasteiger partial charge on any atom is 0.220 e. The van der Waals surface area contributed by atoms with Gasteiger partial charge in [-0.25, -0.2) is 0 Å². The Bertz CT molecular complexity index is 2090. The number of ether oxygens (including phenoxy) is 6. The van der Waals surface area contributed by atoms with E-state index in [2.05, 4.69) is 43.5 Å². The van der Waals surface area contributed by atoms with Crippen LogP contribution in [0.3, 0.4) is 0 Å². The highest BCUT2D eigenvalue weighted by atomic mass is 16.8. The Morgan fingerprint density at radius 1 is 0.324 bits per heavy atom. The lowest BCUT2D eigenvalue weighted by Gasteiger charge is -2.48. The van der Waals surface area contributed by atoms with E-state index in [1.165, 1.54) is 315 Å². The fraction of sp³-hybridized carbons (Fsp3) is 0.921. The van der Waals surface area contributed by atoms with E-state index in [1.54, 1.807) is 6.08 Å². The first kappa shape index (κ1) is 100. The molecule has 0 aliphatic carbocycles. The number of aliphatic hydroxyl groups is 11. The van der Waals surface area contributed by atoms with Crippen molar-refractivity contribution in [3.63, 3.8) is 0 Å². The Morgan fingerprint density at radius 3 is 0.926 bits per heavy atom. The average Bonchev–Trinajstić information content (AvgIpc) is 0.779. The summed E-state index contributed by atoms with van der Waals surface area (Å²) in [6.45, 7) is 1.77. The monoisotopic (exact) mass is 1540 g/mol. The van der Waals surface area contributed by atoms with Crippen molar-refractivity contribution in [1.29, 1.82) is 0 Å².